The molecule has 24 heavy (non-hydrogen) atoms. The molecular weight excluding hydrogens is 329 g/mol. The van der Waals surface area contributed by atoms with E-state index in [1.165, 1.54) is 30.6 Å². The van der Waals surface area contributed by atoms with Gasteiger partial charge in [-0.1, -0.05) is 31.5 Å². The van der Waals surface area contributed by atoms with Crippen molar-refractivity contribution in [3.8, 4) is 5.75 Å². The van der Waals surface area contributed by atoms with E-state index in [2.05, 4.69) is 6.92 Å². The summed E-state index contributed by atoms with van der Waals surface area (Å²) in [5.41, 5.74) is 1.67. The average Bonchev–Trinajstić information content (AvgIpc) is 2.56. The summed E-state index contributed by atoms with van der Waals surface area (Å²) >= 11 is 0. The van der Waals surface area contributed by atoms with Crippen molar-refractivity contribution >= 4 is 10.0 Å². The normalized spacial score (nSPS) is 11.7. The predicted molar refractivity (Wildman–Crippen MR) is 92.0 cm³/mol. The highest BCUT2D eigenvalue weighted by Gasteiger charge is 2.21. The second-order valence-electron chi connectivity index (χ2n) is 5.62. The van der Waals surface area contributed by atoms with Crippen molar-refractivity contribution in [2.75, 3.05) is 14.2 Å². The van der Waals surface area contributed by atoms with Crippen molar-refractivity contribution in [3.63, 3.8) is 0 Å². The molecule has 0 aliphatic heterocycles. The number of aryl methyl sites for hydroxylation is 1. The fourth-order valence-electron chi connectivity index (χ4n) is 2.45. The molecule has 0 heterocycles. The second kappa shape index (κ2) is 7.77. The molecule has 130 valence electrons. The fraction of sp³-hybridized carbons (Fsp3) is 0.333. The molecule has 0 bridgehead atoms. The van der Waals surface area contributed by atoms with Crippen molar-refractivity contribution in [2.45, 2.75) is 31.2 Å². The molecule has 0 N–H and O–H groups in total. The van der Waals surface area contributed by atoms with Crippen LogP contribution in [-0.4, -0.2) is 26.9 Å². The second-order valence-corrected chi connectivity index (χ2v) is 7.67. The lowest BCUT2D eigenvalue weighted by Crippen LogP contribution is -2.26. The van der Waals surface area contributed by atoms with E-state index in [1.54, 1.807) is 18.2 Å². The van der Waals surface area contributed by atoms with Gasteiger partial charge in [0.2, 0.25) is 10.0 Å². The number of nitrogens with zero attached hydrogens (tertiary/aromatic N) is 1. The summed E-state index contributed by atoms with van der Waals surface area (Å²) in [5, 5.41) is 0. The maximum Gasteiger partial charge on any atom is 0.243 e. The highest BCUT2D eigenvalue weighted by Crippen LogP contribution is 2.21. The van der Waals surface area contributed by atoms with Crippen LogP contribution in [0.4, 0.5) is 4.39 Å². The molecule has 4 nitrogen and oxygen atoms in total. The zero-order valence-electron chi connectivity index (χ0n) is 14.1. The maximum atomic E-state index is 13.7. The van der Waals surface area contributed by atoms with Crippen LogP contribution in [0.25, 0.3) is 0 Å². The van der Waals surface area contributed by atoms with E-state index in [1.807, 2.05) is 12.1 Å². The van der Waals surface area contributed by atoms with Gasteiger partial charge in [-0.25, -0.2) is 12.8 Å². The number of benzene rings is 2. The van der Waals surface area contributed by atoms with Gasteiger partial charge in [0.05, 0.1) is 12.0 Å². The Labute approximate surface area is 142 Å². The quantitative estimate of drug-likeness (QED) is 0.766. The minimum Gasteiger partial charge on any atom is -0.494 e. The number of halogens is 1. The first kappa shape index (κ1) is 18.4. The van der Waals surface area contributed by atoms with Crippen LogP contribution in [-0.2, 0) is 23.0 Å². The molecule has 0 aromatic heterocycles. The molecule has 2 aromatic carbocycles. The first-order chi connectivity index (χ1) is 11.4. The summed E-state index contributed by atoms with van der Waals surface area (Å²) in [7, 11) is -0.748. The van der Waals surface area contributed by atoms with E-state index in [-0.39, 0.29) is 17.2 Å². The zero-order chi connectivity index (χ0) is 17.7. The third-order valence-corrected chi connectivity index (χ3v) is 5.61. The van der Waals surface area contributed by atoms with Gasteiger partial charge in [-0.15, -0.1) is 0 Å². The SMILES string of the molecule is CCCc1ccc(S(=O)(=O)N(C)Cc2ccc(OC)c(F)c2)cc1. The Morgan fingerprint density at radius 3 is 2.25 bits per heavy atom. The minimum atomic E-state index is -3.62. The van der Waals surface area contributed by atoms with E-state index >= 15 is 0 Å². The van der Waals surface area contributed by atoms with Crippen molar-refractivity contribution in [1.82, 2.24) is 4.31 Å². The van der Waals surface area contributed by atoms with Crippen LogP contribution >= 0.6 is 0 Å². The molecular formula is C18H22FNO3S. The average molecular weight is 351 g/mol. The third-order valence-electron chi connectivity index (χ3n) is 3.79. The van der Waals surface area contributed by atoms with Crippen molar-refractivity contribution in [2.24, 2.45) is 0 Å². The molecule has 0 radical (unpaired) electrons. The summed E-state index contributed by atoms with van der Waals surface area (Å²) in [4.78, 5) is 0.235. The van der Waals surface area contributed by atoms with Gasteiger partial charge in [0.1, 0.15) is 0 Å². The number of ether oxygens (including phenoxy) is 1. The summed E-state index contributed by atoms with van der Waals surface area (Å²) in [6.45, 7) is 2.16. The highest BCUT2D eigenvalue weighted by atomic mass is 32.2. The Hall–Kier alpha value is -1.92. The zero-order valence-corrected chi connectivity index (χ0v) is 14.9. The maximum absolute atomic E-state index is 13.7. The Balaban J connectivity index is 2.17. The summed E-state index contributed by atoms with van der Waals surface area (Å²) in [6, 6.07) is 11.3. The molecule has 0 unspecified atom stereocenters. The molecule has 0 atom stereocenters. The van der Waals surface area contributed by atoms with Crippen molar-refractivity contribution < 1.29 is 17.5 Å². The summed E-state index contributed by atoms with van der Waals surface area (Å²) in [6.07, 6.45) is 1.93. The molecule has 0 aliphatic carbocycles. The van der Waals surface area contributed by atoms with Gasteiger partial charge in [-0.3, -0.25) is 0 Å². The van der Waals surface area contributed by atoms with Crippen LogP contribution in [0.15, 0.2) is 47.4 Å². The monoisotopic (exact) mass is 351 g/mol. The first-order valence-electron chi connectivity index (χ1n) is 7.76. The van der Waals surface area contributed by atoms with E-state index < -0.39 is 15.8 Å². The Morgan fingerprint density at radius 2 is 1.71 bits per heavy atom. The first-order valence-corrected chi connectivity index (χ1v) is 9.20. The molecule has 2 rings (SSSR count). The summed E-state index contributed by atoms with van der Waals surface area (Å²) in [5.74, 6) is -0.375. The lowest BCUT2D eigenvalue weighted by Gasteiger charge is -2.18. The number of rotatable bonds is 7. The molecule has 0 saturated heterocycles. The van der Waals surface area contributed by atoms with E-state index in [4.69, 9.17) is 4.74 Å². The van der Waals surface area contributed by atoms with E-state index in [0.717, 1.165) is 18.4 Å². The molecule has 0 fully saturated rings. The van der Waals surface area contributed by atoms with Gasteiger partial charge in [-0.2, -0.15) is 4.31 Å². The van der Waals surface area contributed by atoms with Crippen LogP contribution in [0.2, 0.25) is 0 Å². The largest absolute Gasteiger partial charge is 0.494 e. The van der Waals surface area contributed by atoms with Crippen molar-refractivity contribution in [1.29, 1.82) is 0 Å². The van der Waals surface area contributed by atoms with Crippen molar-refractivity contribution in [3.05, 3.63) is 59.4 Å². The van der Waals surface area contributed by atoms with E-state index in [9.17, 15) is 12.8 Å². The minimum absolute atomic E-state index is 0.0833. The molecule has 0 saturated carbocycles. The molecule has 6 heteroatoms. The summed E-state index contributed by atoms with van der Waals surface area (Å²) < 4.78 is 45.1. The Kier molecular flexibility index (Phi) is 5.96. The smallest absolute Gasteiger partial charge is 0.243 e. The number of hydrogen-bond acceptors (Lipinski definition) is 3. The van der Waals surface area contributed by atoms with Crippen LogP contribution in [0.5, 0.6) is 5.75 Å². The van der Waals surface area contributed by atoms with Gasteiger partial charge in [0.15, 0.2) is 11.6 Å². The molecule has 0 amide bonds. The molecule has 2 aromatic rings. The molecule has 0 aliphatic rings. The standard InChI is InChI=1S/C18H22FNO3S/c1-4-5-14-6-9-16(10-7-14)24(21,22)20(2)13-15-8-11-18(23-3)17(19)12-15/h6-12H,4-5,13H2,1-3H3. The highest BCUT2D eigenvalue weighted by molar-refractivity contribution is 7.89. The molecule has 0 spiro atoms. The van der Waals surface area contributed by atoms with Gasteiger partial charge in [0.25, 0.3) is 0 Å². The van der Waals surface area contributed by atoms with Crippen LogP contribution in [0.3, 0.4) is 0 Å². The van der Waals surface area contributed by atoms with E-state index in [0.29, 0.717) is 5.56 Å². The fourth-order valence-corrected chi connectivity index (χ4v) is 3.61. The lowest BCUT2D eigenvalue weighted by atomic mass is 10.1. The predicted octanol–water partition coefficient (Wildman–Crippen LogP) is 3.61. The number of hydrogen-bond donors (Lipinski definition) is 0. The Morgan fingerprint density at radius 1 is 1.08 bits per heavy atom. The van der Waals surface area contributed by atoms with Crippen LogP contribution < -0.4 is 4.74 Å². The van der Waals surface area contributed by atoms with Gasteiger partial charge < -0.3 is 4.74 Å². The number of methoxy groups -OCH3 is 1. The van der Waals surface area contributed by atoms with Crippen LogP contribution in [0, 0.1) is 5.82 Å². The number of sulfonamides is 1. The Bertz CT molecular complexity index is 788. The third kappa shape index (κ3) is 4.13. The van der Waals surface area contributed by atoms with Crippen LogP contribution in [0.1, 0.15) is 24.5 Å². The topological polar surface area (TPSA) is 46.6 Å². The van der Waals surface area contributed by atoms with Gasteiger partial charge >= 0.3 is 0 Å². The van der Waals surface area contributed by atoms with Gasteiger partial charge in [0, 0.05) is 13.6 Å². The lowest BCUT2D eigenvalue weighted by molar-refractivity contribution is 0.385. The van der Waals surface area contributed by atoms with Gasteiger partial charge in [-0.05, 0) is 41.8 Å².